The molecule has 1 amide bonds. The first kappa shape index (κ1) is 21.3. The number of carbonyl (C=O) groups excluding carboxylic acids is 1. The molecule has 1 fully saturated rings. The Morgan fingerprint density at radius 3 is 2.28 bits per heavy atom. The molecule has 1 saturated heterocycles. The zero-order valence-corrected chi connectivity index (χ0v) is 17.7. The zero-order valence-electron chi connectivity index (χ0n) is 16.9. The van der Waals surface area contributed by atoms with Crippen molar-refractivity contribution in [2.45, 2.75) is 37.6 Å². The van der Waals surface area contributed by atoms with Crippen molar-refractivity contribution in [1.82, 2.24) is 9.62 Å². The summed E-state index contributed by atoms with van der Waals surface area (Å²) in [5.41, 5.74) is 0.616. The molecule has 0 unspecified atom stereocenters. The zero-order chi connectivity index (χ0) is 20.9. The fraction of sp³-hybridized carbons (Fsp3) is 0.409. The first-order chi connectivity index (χ1) is 13.8. The smallest absolute Gasteiger partial charge is 0.253 e. The number of sulfonamides is 1. The van der Waals surface area contributed by atoms with Gasteiger partial charge in [-0.05, 0) is 55.2 Å². The Morgan fingerprint density at radius 1 is 1.07 bits per heavy atom. The molecule has 1 heterocycles. The molecule has 0 saturated carbocycles. The van der Waals surface area contributed by atoms with Gasteiger partial charge in [0.15, 0.2) is 0 Å². The standard InChI is InChI=1S/C22H28N2O4S/c1-17(2)16-28-20-10-8-18(9-11-20)22(25)24-14-12-19(13-15-24)23-29(26,27)21-6-4-3-5-7-21/h3-11,17,19,23H,12-16H2,1-2H3. The molecule has 29 heavy (non-hydrogen) atoms. The van der Waals surface area contributed by atoms with Gasteiger partial charge < -0.3 is 9.64 Å². The molecule has 0 bridgehead atoms. The third-order valence-corrected chi connectivity index (χ3v) is 6.38. The molecule has 1 aliphatic heterocycles. The first-order valence-electron chi connectivity index (χ1n) is 9.94. The van der Waals surface area contributed by atoms with Crippen LogP contribution in [0, 0.1) is 5.92 Å². The Kier molecular flexibility index (Phi) is 6.92. The van der Waals surface area contributed by atoms with E-state index in [1.54, 1.807) is 47.4 Å². The van der Waals surface area contributed by atoms with Crippen LogP contribution < -0.4 is 9.46 Å². The summed E-state index contributed by atoms with van der Waals surface area (Å²) in [5.74, 6) is 1.16. The molecular formula is C22H28N2O4S. The molecule has 156 valence electrons. The van der Waals surface area contributed by atoms with E-state index in [1.165, 1.54) is 0 Å². The van der Waals surface area contributed by atoms with Gasteiger partial charge in [-0.25, -0.2) is 13.1 Å². The van der Waals surface area contributed by atoms with Gasteiger partial charge in [-0.15, -0.1) is 0 Å². The second-order valence-electron chi connectivity index (χ2n) is 7.73. The minimum atomic E-state index is -3.53. The van der Waals surface area contributed by atoms with Gasteiger partial charge in [-0.1, -0.05) is 32.0 Å². The molecule has 6 nitrogen and oxygen atoms in total. The molecule has 0 spiro atoms. The third-order valence-electron chi connectivity index (χ3n) is 4.84. The van der Waals surface area contributed by atoms with Crippen LogP contribution >= 0.6 is 0 Å². The minimum Gasteiger partial charge on any atom is -0.493 e. The molecule has 7 heteroatoms. The molecule has 1 aliphatic rings. The summed E-state index contributed by atoms with van der Waals surface area (Å²) in [6.45, 7) is 5.85. The Morgan fingerprint density at radius 2 is 1.69 bits per heavy atom. The Hall–Kier alpha value is -2.38. The van der Waals surface area contributed by atoms with Crippen LogP contribution in [-0.2, 0) is 10.0 Å². The maximum absolute atomic E-state index is 12.7. The van der Waals surface area contributed by atoms with E-state index >= 15 is 0 Å². The normalized spacial score (nSPS) is 15.5. The highest BCUT2D eigenvalue weighted by molar-refractivity contribution is 7.89. The highest BCUT2D eigenvalue weighted by atomic mass is 32.2. The van der Waals surface area contributed by atoms with Crippen LogP contribution in [-0.4, -0.2) is 45.0 Å². The first-order valence-corrected chi connectivity index (χ1v) is 11.4. The van der Waals surface area contributed by atoms with Gasteiger partial charge in [0.05, 0.1) is 11.5 Å². The summed E-state index contributed by atoms with van der Waals surface area (Å²) in [4.78, 5) is 14.8. The van der Waals surface area contributed by atoms with Crippen molar-refractivity contribution < 1.29 is 17.9 Å². The number of rotatable bonds is 7. The molecule has 2 aromatic rings. The lowest BCUT2D eigenvalue weighted by molar-refractivity contribution is 0.0711. The molecular weight excluding hydrogens is 388 g/mol. The number of piperidine rings is 1. The Balaban J connectivity index is 1.53. The van der Waals surface area contributed by atoms with Crippen molar-refractivity contribution in [2.75, 3.05) is 19.7 Å². The van der Waals surface area contributed by atoms with Crippen molar-refractivity contribution in [2.24, 2.45) is 5.92 Å². The highest BCUT2D eigenvalue weighted by Crippen LogP contribution is 2.19. The summed E-state index contributed by atoms with van der Waals surface area (Å²) in [6, 6.07) is 15.4. The van der Waals surface area contributed by atoms with Crippen LogP contribution in [0.25, 0.3) is 0 Å². The fourth-order valence-electron chi connectivity index (χ4n) is 3.23. The summed E-state index contributed by atoms with van der Waals surface area (Å²) in [7, 11) is -3.53. The van der Waals surface area contributed by atoms with Crippen LogP contribution in [0.5, 0.6) is 5.75 Å². The SMILES string of the molecule is CC(C)COc1ccc(C(=O)N2CCC(NS(=O)(=O)c3ccccc3)CC2)cc1. The largest absolute Gasteiger partial charge is 0.493 e. The lowest BCUT2D eigenvalue weighted by Crippen LogP contribution is -2.46. The topological polar surface area (TPSA) is 75.7 Å². The molecule has 0 aliphatic carbocycles. The fourth-order valence-corrected chi connectivity index (χ4v) is 4.55. The predicted octanol–water partition coefficient (Wildman–Crippen LogP) is 3.30. The lowest BCUT2D eigenvalue weighted by atomic mass is 10.0. The Bertz CT molecular complexity index is 904. The van der Waals surface area contributed by atoms with Crippen LogP contribution in [0.15, 0.2) is 59.5 Å². The van der Waals surface area contributed by atoms with Crippen LogP contribution in [0.4, 0.5) is 0 Å². The van der Waals surface area contributed by atoms with Crippen molar-refractivity contribution in [1.29, 1.82) is 0 Å². The van der Waals surface area contributed by atoms with Gasteiger partial charge in [0.25, 0.3) is 5.91 Å². The van der Waals surface area contributed by atoms with E-state index in [4.69, 9.17) is 4.74 Å². The number of hydrogen-bond acceptors (Lipinski definition) is 4. The number of nitrogens with one attached hydrogen (secondary N) is 1. The van der Waals surface area contributed by atoms with E-state index in [9.17, 15) is 13.2 Å². The average Bonchev–Trinajstić information content (AvgIpc) is 2.73. The number of likely N-dealkylation sites (tertiary alicyclic amines) is 1. The number of amides is 1. The number of carbonyl (C=O) groups is 1. The second kappa shape index (κ2) is 9.41. The van der Waals surface area contributed by atoms with E-state index in [2.05, 4.69) is 18.6 Å². The quantitative estimate of drug-likeness (QED) is 0.751. The van der Waals surface area contributed by atoms with E-state index in [1.807, 2.05) is 12.1 Å². The molecule has 0 atom stereocenters. The molecule has 0 aromatic heterocycles. The monoisotopic (exact) mass is 416 g/mol. The van der Waals surface area contributed by atoms with E-state index < -0.39 is 10.0 Å². The minimum absolute atomic E-state index is 0.0372. The van der Waals surface area contributed by atoms with Gasteiger partial charge in [-0.3, -0.25) is 4.79 Å². The van der Waals surface area contributed by atoms with E-state index in [-0.39, 0.29) is 16.8 Å². The number of ether oxygens (including phenoxy) is 1. The second-order valence-corrected chi connectivity index (χ2v) is 9.44. The third kappa shape index (κ3) is 5.81. The molecule has 3 rings (SSSR count). The molecule has 1 N–H and O–H groups in total. The number of hydrogen-bond donors (Lipinski definition) is 1. The highest BCUT2D eigenvalue weighted by Gasteiger charge is 2.27. The van der Waals surface area contributed by atoms with Gasteiger partial charge in [0.1, 0.15) is 5.75 Å². The van der Waals surface area contributed by atoms with Crippen molar-refractivity contribution in [3.8, 4) is 5.75 Å². The number of nitrogens with zero attached hydrogens (tertiary/aromatic N) is 1. The van der Waals surface area contributed by atoms with Crippen LogP contribution in [0.2, 0.25) is 0 Å². The summed E-state index contributed by atoms with van der Waals surface area (Å²) < 4.78 is 33.3. The van der Waals surface area contributed by atoms with Gasteiger partial charge >= 0.3 is 0 Å². The van der Waals surface area contributed by atoms with Crippen molar-refractivity contribution >= 4 is 15.9 Å². The molecule has 2 aromatic carbocycles. The summed E-state index contributed by atoms with van der Waals surface area (Å²) >= 11 is 0. The predicted molar refractivity (Wildman–Crippen MR) is 112 cm³/mol. The number of benzene rings is 2. The summed E-state index contributed by atoms with van der Waals surface area (Å²) in [6.07, 6.45) is 1.18. The van der Waals surface area contributed by atoms with Gasteiger partial charge in [0, 0.05) is 24.7 Å². The van der Waals surface area contributed by atoms with Crippen molar-refractivity contribution in [3.63, 3.8) is 0 Å². The van der Waals surface area contributed by atoms with E-state index in [0.29, 0.717) is 44.0 Å². The van der Waals surface area contributed by atoms with Gasteiger partial charge in [-0.2, -0.15) is 0 Å². The molecule has 0 radical (unpaired) electrons. The Labute approximate surface area is 172 Å². The van der Waals surface area contributed by atoms with Gasteiger partial charge in [0.2, 0.25) is 10.0 Å². The lowest BCUT2D eigenvalue weighted by Gasteiger charge is -2.32. The van der Waals surface area contributed by atoms with E-state index in [0.717, 1.165) is 5.75 Å². The maximum atomic E-state index is 12.7. The van der Waals surface area contributed by atoms with Crippen LogP contribution in [0.1, 0.15) is 37.0 Å². The maximum Gasteiger partial charge on any atom is 0.253 e. The average molecular weight is 417 g/mol. The van der Waals surface area contributed by atoms with Crippen molar-refractivity contribution in [3.05, 3.63) is 60.2 Å². The van der Waals surface area contributed by atoms with Crippen LogP contribution in [0.3, 0.4) is 0 Å². The summed E-state index contributed by atoms with van der Waals surface area (Å²) in [5, 5.41) is 0.